The quantitative estimate of drug-likeness (QED) is 0.755. The van der Waals surface area contributed by atoms with E-state index in [0.29, 0.717) is 17.9 Å². The number of rotatable bonds is 4. The van der Waals surface area contributed by atoms with Crippen LogP contribution in [0.25, 0.3) is 0 Å². The van der Waals surface area contributed by atoms with Gasteiger partial charge in [0, 0.05) is 17.9 Å². The van der Waals surface area contributed by atoms with Gasteiger partial charge in [0.05, 0.1) is 6.10 Å². The van der Waals surface area contributed by atoms with Crippen LogP contribution >= 0.6 is 11.6 Å². The van der Waals surface area contributed by atoms with Crippen molar-refractivity contribution in [2.45, 2.75) is 31.8 Å². The summed E-state index contributed by atoms with van der Waals surface area (Å²) in [5.41, 5.74) is 1.22. The van der Waals surface area contributed by atoms with Gasteiger partial charge < -0.3 is 4.74 Å². The molecule has 1 aliphatic heterocycles. The predicted octanol–water partition coefficient (Wildman–Crippen LogP) is 3.79. The van der Waals surface area contributed by atoms with Crippen LogP contribution in [0.1, 0.15) is 24.8 Å². The molecule has 2 fully saturated rings. The lowest BCUT2D eigenvalue weighted by atomic mass is 9.76. The fourth-order valence-corrected chi connectivity index (χ4v) is 3.51. The molecule has 1 heterocycles. The highest BCUT2D eigenvalue weighted by atomic mass is 35.5. The second-order valence-corrected chi connectivity index (χ2v) is 5.95. The van der Waals surface area contributed by atoms with Crippen LogP contribution in [0.15, 0.2) is 24.3 Å². The van der Waals surface area contributed by atoms with E-state index in [1.54, 1.807) is 0 Å². The highest BCUT2D eigenvalue weighted by Gasteiger charge is 2.50. The average molecular weight is 269 g/mol. The zero-order chi connectivity index (χ0) is 12.6. The number of ether oxygens (including phenoxy) is 1. The van der Waals surface area contributed by atoms with Gasteiger partial charge >= 0.3 is 0 Å². The highest BCUT2D eigenvalue weighted by molar-refractivity contribution is 6.18. The summed E-state index contributed by atoms with van der Waals surface area (Å²) >= 11 is 6.26. The summed E-state index contributed by atoms with van der Waals surface area (Å²) in [6.07, 6.45) is 4.77. The Morgan fingerprint density at radius 1 is 1.28 bits per heavy atom. The maximum absolute atomic E-state index is 12.9. The average Bonchev–Trinajstić information content (AvgIpc) is 3.14. The van der Waals surface area contributed by atoms with E-state index in [-0.39, 0.29) is 11.2 Å². The van der Waals surface area contributed by atoms with Gasteiger partial charge in [-0.25, -0.2) is 4.39 Å². The Morgan fingerprint density at radius 3 is 2.61 bits per heavy atom. The molecule has 2 aliphatic rings. The van der Waals surface area contributed by atoms with Crippen LogP contribution in [0, 0.1) is 17.2 Å². The zero-order valence-electron chi connectivity index (χ0n) is 10.4. The molecule has 2 atom stereocenters. The van der Waals surface area contributed by atoms with Crippen molar-refractivity contribution in [2.75, 3.05) is 12.5 Å². The lowest BCUT2D eigenvalue weighted by molar-refractivity contribution is 0.0403. The summed E-state index contributed by atoms with van der Waals surface area (Å²) in [7, 11) is 0. The predicted molar refractivity (Wildman–Crippen MR) is 70.3 cm³/mol. The SMILES string of the molecule is Fc1ccc(CC2(CCl)CCOC2C2CC2)cc1. The minimum Gasteiger partial charge on any atom is -0.377 e. The van der Waals surface area contributed by atoms with Crippen LogP contribution in [0.5, 0.6) is 0 Å². The Balaban J connectivity index is 1.80. The van der Waals surface area contributed by atoms with Crippen molar-refractivity contribution in [3.8, 4) is 0 Å². The van der Waals surface area contributed by atoms with Crippen LogP contribution in [-0.4, -0.2) is 18.6 Å². The summed E-state index contributed by atoms with van der Waals surface area (Å²) in [5, 5.41) is 0. The van der Waals surface area contributed by atoms with Gasteiger partial charge in [-0.1, -0.05) is 12.1 Å². The first-order valence-corrected chi connectivity index (χ1v) is 7.19. The Kier molecular flexibility index (Phi) is 3.33. The monoisotopic (exact) mass is 268 g/mol. The first-order valence-electron chi connectivity index (χ1n) is 6.65. The van der Waals surface area contributed by atoms with E-state index in [0.717, 1.165) is 25.0 Å². The van der Waals surface area contributed by atoms with Crippen LogP contribution in [0.2, 0.25) is 0 Å². The van der Waals surface area contributed by atoms with Crippen molar-refractivity contribution in [1.82, 2.24) is 0 Å². The van der Waals surface area contributed by atoms with Crippen LogP contribution in [0.3, 0.4) is 0 Å². The normalized spacial score (nSPS) is 31.8. The van der Waals surface area contributed by atoms with E-state index in [1.807, 2.05) is 12.1 Å². The van der Waals surface area contributed by atoms with Gasteiger partial charge in [0.2, 0.25) is 0 Å². The molecule has 3 rings (SSSR count). The van der Waals surface area contributed by atoms with E-state index >= 15 is 0 Å². The molecule has 1 saturated heterocycles. The van der Waals surface area contributed by atoms with Crippen molar-refractivity contribution in [1.29, 1.82) is 0 Å². The molecule has 1 aliphatic carbocycles. The van der Waals surface area contributed by atoms with Gasteiger partial charge in [-0.05, 0) is 49.3 Å². The van der Waals surface area contributed by atoms with E-state index in [4.69, 9.17) is 16.3 Å². The zero-order valence-corrected chi connectivity index (χ0v) is 11.1. The molecule has 0 spiro atoms. The lowest BCUT2D eigenvalue weighted by Crippen LogP contribution is -2.36. The molecule has 0 N–H and O–H groups in total. The number of benzene rings is 1. The fourth-order valence-electron chi connectivity index (χ4n) is 3.13. The maximum Gasteiger partial charge on any atom is 0.123 e. The van der Waals surface area contributed by atoms with Crippen molar-refractivity contribution in [3.05, 3.63) is 35.6 Å². The Bertz CT molecular complexity index is 415. The summed E-state index contributed by atoms with van der Waals surface area (Å²) in [6, 6.07) is 6.79. The second kappa shape index (κ2) is 4.82. The molecule has 1 aromatic rings. The molecule has 0 radical (unpaired) electrons. The molecule has 0 bridgehead atoms. The second-order valence-electron chi connectivity index (χ2n) is 5.68. The first-order chi connectivity index (χ1) is 8.73. The topological polar surface area (TPSA) is 9.23 Å². The van der Waals surface area contributed by atoms with E-state index < -0.39 is 0 Å². The maximum atomic E-state index is 12.9. The fraction of sp³-hybridized carbons (Fsp3) is 0.600. The standard InChI is InChI=1S/C15H18ClFO/c16-10-15(7-8-18-14(15)12-3-4-12)9-11-1-5-13(17)6-2-11/h1-2,5-6,12,14H,3-4,7-10H2. The molecule has 1 aromatic carbocycles. The number of hydrogen-bond donors (Lipinski definition) is 0. The van der Waals surface area contributed by atoms with Gasteiger partial charge in [-0.15, -0.1) is 11.6 Å². The Labute approximate surface area is 112 Å². The lowest BCUT2D eigenvalue weighted by Gasteiger charge is -2.32. The number of halogens is 2. The molecular formula is C15H18ClFO. The van der Waals surface area contributed by atoms with E-state index in [1.165, 1.54) is 25.0 Å². The minimum atomic E-state index is -0.180. The summed E-state index contributed by atoms with van der Waals surface area (Å²) in [4.78, 5) is 0. The third kappa shape index (κ3) is 2.28. The van der Waals surface area contributed by atoms with Crippen LogP contribution in [0.4, 0.5) is 4.39 Å². The summed E-state index contributed by atoms with van der Waals surface area (Å²) < 4.78 is 18.9. The minimum absolute atomic E-state index is 0.0561. The third-order valence-corrected chi connectivity index (χ3v) is 4.82. The molecule has 3 heteroatoms. The van der Waals surface area contributed by atoms with Gasteiger partial charge in [-0.2, -0.15) is 0 Å². The Morgan fingerprint density at radius 2 is 2.00 bits per heavy atom. The van der Waals surface area contributed by atoms with E-state index in [2.05, 4.69) is 0 Å². The van der Waals surface area contributed by atoms with Crippen LogP contribution in [-0.2, 0) is 11.2 Å². The van der Waals surface area contributed by atoms with Gasteiger partial charge in [0.25, 0.3) is 0 Å². The van der Waals surface area contributed by atoms with Gasteiger partial charge in [0.15, 0.2) is 0 Å². The third-order valence-electron chi connectivity index (χ3n) is 4.29. The van der Waals surface area contributed by atoms with Gasteiger partial charge in [-0.3, -0.25) is 0 Å². The van der Waals surface area contributed by atoms with Gasteiger partial charge in [0.1, 0.15) is 5.82 Å². The molecule has 0 aromatic heterocycles. The number of hydrogen-bond acceptors (Lipinski definition) is 1. The van der Waals surface area contributed by atoms with Crippen molar-refractivity contribution in [2.24, 2.45) is 11.3 Å². The highest BCUT2D eigenvalue weighted by Crippen LogP contribution is 2.49. The molecule has 98 valence electrons. The van der Waals surface area contributed by atoms with Crippen molar-refractivity contribution in [3.63, 3.8) is 0 Å². The van der Waals surface area contributed by atoms with Crippen molar-refractivity contribution < 1.29 is 9.13 Å². The van der Waals surface area contributed by atoms with E-state index in [9.17, 15) is 4.39 Å². The first kappa shape index (κ1) is 12.4. The smallest absolute Gasteiger partial charge is 0.123 e. The molecule has 1 nitrogen and oxygen atoms in total. The molecule has 0 amide bonds. The summed E-state index contributed by atoms with van der Waals surface area (Å²) in [6.45, 7) is 0.815. The molecule has 1 saturated carbocycles. The number of alkyl halides is 1. The Hall–Kier alpha value is -0.600. The van der Waals surface area contributed by atoms with Crippen molar-refractivity contribution >= 4 is 11.6 Å². The van der Waals surface area contributed by atoms with Crippen LogP contribution < -0.4 is 0 Å². The molecule has 2 unspecified atom stereocenters. The summed E-state index contributed by atoms with van der Waals surface area (Å²) in [5.74, 6) is 1.15. The molecular weight excluding hydrogens is 251 g/mol. The molecule has 18 heavy (non-hydrogen) atoms. The largest absolute Gasteiger partial charge is 0.377 e.